The van der Waals surface area contributed by atoms with Gasteiger partial charge in [-0.05, 0) is 24.1 Å². The summed E-state index contributed by atoms with van der Waals surface area (Å²) in [7, 11) is 0. The molecule has 0 fully saturated rings. The van der Waals surface area contributed by atoms with Gasteiger partial charge in [0.05, 0.1) is 11.3 Å². The Labute approximate surface area is 116 Å². The van der Waals surface area contributed by atoms with E-state index in [1.807, 2.05) is 6.92 Å². The van der Waals surface area contributed by atoms with Crippen LogP contribution in [0.2, 0.25) is 0 Å². The second-order valence-electron chi connectivity index (χ2n) is 5.27. The summed E-state index contributed by atoms with van der Waals surface area (Å²) in [4.78, 5) is 12.0. The highest BCUT2D eigenvalue weighted by Gasteiger charge is 2.35. The molecule has 0 saturated heterocycles. The van der Waals surface area contributed by atoms with Crippen molar-refractivity contribution in [1.82, 2.24) is 0 Å². The number of amides is 1. The third kappa shape index (κ3) is 3.72. The van der Waals surface area contributed by atoms with Gasteiger partial charge in [0.25, 0.3) is 0 Å². The van der Waals surface area contributed by atoms with Crippen molar-refractivity contribution >= 4 is 11.6 Å². The lowest BCUT2D eigenvalue weighted by molar-refractivity contribution is -0.137. The first-order valence-electron chi connectivity index (χ1n) is 6.33. The van der Waals surface area contributed by atoms with Gasteiger partial charge in [0.15, 0.2) is 0 Å². The van der Waals surface area contributed by atoms with Crippen LogP contribution in [-0.4, -0.2) is 5.91 Å². The molecule has 0 aromatic heterocycles. The molecule has 0 spiro atoms. The number of carbonyl (C=O) groups excluding carboxylic acids is 1. The summed E-state index contributed by atoms with van der Waals surface area (Å²) in [5, 5.41) is 2.36. The number of hydrogen-bond acceptors (Lipinski definition) is 2. The maximum atomic E-state index is 13.0. The van der Waals surface area contributed by atoms with Gasteiger partial charge in [-0.15, -0.1) is 0 Å². The Bertz CT molecular complexity index is 496. The summed E-state index contributed by atoms with van der Waals surface area (Å²) in [6, 6.07) is 3.69. The van der Waals surface area contributed by atoms with Crippen LogP contribution in [-0.2, 0) is 17.5 Å². The second-order valence-corrected chi connectivity index (χ2v) is 5.27. The van der Waals surface area contributed by atoms with Crippen molar-refractivity contribution in [3.05, 3.63) is 29.3 Å². The van der Waals surface area contributed by atoms with Crippen molar-refractivity contribution in [2.75, 3.05) is 5.32 Å². The van der Waals surface area contributed by atoms with Crippen molar-refractivity contribution in [2.24, 2.45) is 11.1 Å². The molecule has 1 rings (SSSR count). The fraction of sp³-hybridized carbons (Fsp3) is 0.500. The Balaban J connectivity index is 3.16. The third-order valence-corrected chi connectivity index (χ3v) is 3.37. The highest BCUT2D eigenvalue weighted by atomic mass is 19.4. The first-order valence-corrected chi connectivity index (χ1v) is 6.33. The number of carbonyl (C=O) groups is 1. The average molecular weight is 288 g/mol. The normalized spacial score (nSPS) is 12.3. The molecule has 0 bridgehead atoms. The Morgan fingerprint density at radius 1 is 1.30 bits per heavy atom. The number of halogens is 3. The van der Waals surface area contributed by atoms with Gasteiger partial charge in [-0.3, -0.25) is 4.79 Å². The van der Waals surface area contributed by atoms with Crippen molar-refractivity contribution in [2.45, 2.75) is 39.9 Å². The minimum absolute atomic E-state index is 0.0117. The molecular weight excluding hydrogens is 269 g/mol. The molecule has 3 nitrogen and oxygen atoms in total. The van der Waals surface area contributed by atoms with Crippen LogP contribution in [0.15, 0.2) is 18.2 Å². The smallest absolute Gasteiger partial charge is 0.326 e. The molecule has 0 atom stereocenters. The number of rotatable bonds is 4. The zero-order valence-corrected chi connectivity index (χ0v) is 11.8. The van der Waals surface area contributed by atoms with E-state index in [2.05, 4.69) is 5.32 Å². The molecule has 6 heteroatoms. The Morgan fingerprint density at radius 3 is 2.35 bits per heavy atom. The number of nitrogens with two attached hydrogens (primary N) is 1. The molecule has 20 heavy (non-hydrogen) atoms. The minimum Gasteiger partial charge on any atom is -0.326 e. The standard InChI is InChI=1S/C14H19F3N2O/c1-4-13(2,3)12(20)19-11-6-5-9(8-18)7-10(11)14(15,16)17/h5-7H,4,8,18H2,1-3H3,(H,19,20). The lowest BCUT2D eigenvalue weighted by Crippen LogP contribution is -2.31. The molecule has 1 amide bonds. The second kappa shape index (κ2) is 5.83. The first kappa shape index (κ1) is 16.5. The number of alkyl halides is 3. The molecule has 0 radical (unpaired) electrons. The lowest BCUT2D eigenvalue weighted by atomic mass is 9.89. The van der Waals surface area contributed by atoms with Gasteiger partial charge in [0.2, 0.25) is 5.91 Å². The molecule has 0 aliphatic carbocycles. The predicted octanol–water partition coefficient (Wildman–Crippen LogP) is 3.54. The zero-order valence-electron chi connectivity index (χ0n) is 11.8. The molecule has 1 aromatic carbocycles. The fourth-order valence-corrected chi connectivity index (χ4v) is 1.51. The van der Waals surface area contributed by atoms with Gasteiger partial charge in [0.1, 0.15) is 0 Å². The number of anilines is 1. The van der Waals surface area contributed by atoms with Crippen LogP contribution in [0.5, 0.6) is 0 Å². The molecule has 3 N–H and O–H groups in total. The molecule has 112 valence electrons. The number of benzene rings is 1. The largest absolute Gasteiger partial charge is 0.418 e. The van der Waals surface area contributed by atoms with E-state index in [4.69, 9.17) is 5.73 Å². The molecule has 0 aliphatic rings. The third-order valence-electron chi connectivity index (χ3n) is 3.37. The van der Waals surface area contributed by atoms with Crippen molar-refractivity contribution < 1.29 is 18.0 Å². The Hall–Kier alpha value is -1.56. The number of hydrogen-bond donors (Lipinski definition) is 2. The Morgan fingerprint density at radius 2 is 1.90 bits per heavy atom. The van der Waals surface area contributed by atoms with Gasteiger partial charge < -0.3 is 11.1 Å². The SMILES string of the molecule is CCC(C)(C)C(=O)Nc1ccc(CN)cc1C(F)(F)F. The highest BCUT2D eigenvalue weighted by Crippen LogP contribution is 2.36. The minimum atomic E-state index is -4.54. The lowest BCUT2D eigenvalue weighted by Gasteiger charge is -2.23. The van der Waals surface area contributed by atoms with Crippen molar-refractivity contribution in [3.8, 4) is 0 Å². The van der Waals surface area contributed by atoms with Crippen LogP contribution in [0.25, 0.3) is 0 Å². The van der Waals surface area contributed by atoms with E-state index in [1.165, 1.54) is 12.1 Å². The van der Waals surface area contributed by atoms with E-state index in [0.29, 0.717) is 12.0 Å². The van der Waals surface area contributed by atoms with E-state index in [-0.39, 0.29) is 12.2 Å². The van der Waals surface area contributed by atoms with Crippen LogP contribution >= 0.6 is 0 Å². The molecule has 0 saturated carbocycles. The Kier molecular flexibility index (Phi) is 4.81. The van der Waals surface area contributed by atoms with E-state index < -0.39 is 23.1 Å². The van der Waals surface area contributed by atoms with E-state index in [0.717, 1.165) is 6.07 Å². The van der Waals surface area contributed by atoms with Crippen LogP contribution in [0.4, 0.5) is 18.9 Å². The molecular formula is C14H19F3N2O. The maximum Gasteiger partial charge on any atom is 0.418 e. The van der Waals surface area contributed by atoms with Gasteiger partial charge in [0, 0.05) is 12.0 Å². The summed E-state index contributed by atoms with van der Waals surface area (Å²) >= 11 is 0. The topological polar surface area (TPSA) is 55.1 Å². The molecule has 0 heterocycles. The van der Waals surface area contributed by atoms with Crippen LogP contribution < -0.4 is 11.1 Å². The van der Waals surface area contributed by atoms with Gasteiger partial charge in [-0.1, -0.05) is 26.8 Å². The first-order chi connectivity index (χ1) is 9.11. The van der Waals surface area contributed by atoms with E-state index in [9.17, 15) is 18.0 Å². The number of nitrogens with one attached hydrogen (secondary N) is 1. The predicted molar refractivity (Wildman–Crippen MR) is 72.0 cm³/mol. The summed E-state index contributed by atoms with van der Waals surface area (Å²) in [5.41, 5.74) is 3.88. The van der Waals surface area contributed by atoms with E-state index >= 15 is 0 Å². The molecule has 0 unspecified atom stereocenters. The van der Waals surface area contributed by atoms with Crippen LogP contribution in [0.1, 0.15) is 38.3 Å². The van der Waals surface area contributed by atoms with Gasteiger partial charge >= 0.3 is 6.18 Å². The summed E-state index contributed by atoms with van der Waals surface area (Å²) in [6.07, 6.45) is -4.01. The van der Waals surface area contributed by atoms with E-state index in [1.54, 1.807) is 13.8 Å². The average Bonchev–Trinajstić information content (AvgIpc) is 2.37. The quantitative estimate of drug-likeness (QED) is 0.890. The fourth-order valence-electron chi connectivity index (χ4n) is 1.51. The summed E-state index contributed by atoms with van der Waals surface area (Å²) in [6.45, 7) is 5.19. The molecule has 0 aliphatic heterocycles. The van der Waals surface area contributed by atoms with Crippen molar-refractivity contribution in [3.63, 3.8) is 0 Å². The monoisotopic (exact) mass is 288 g/mol. The summed E-state index contributed by atoms with van der Waals surface area (Å²) in [5.74, 6) is -0.439. The highest BCUT2D eigenvalue weighted by molar-refractivity contribution is 5.95. The zero-order chi connectivity index (χ0) is 15.6. The van der Waals surface area contributed by atoms with Gasteiger partial charge in [-0.2, -0.15) is 13.2 Å². The van der Waals surface area contributed by atoms with Crippen LogP contribution in [0, 0.1) is 5.41 Å². The molecule has 1 aromatic rings. The van der Waals surface area contributed by atoms with Crippen molar-refractivity contribution in [1.29, 1.82) is 0 Å². The van der Waals surface area contributed by atoms with Crippen LogP contribution in [0.3, 0.4) is 0 Å². The van der Waals surface area contributed by atoms with Gasteiger partial charge in [-0.25, -0.2) is 0 Å². The summed E-state index contributed by atoms with van der Waals surface area (Å²) < 4.78 is 39.0. The maximum absolute atomic E-state index is 13.0.